The smallest absolute Gasteiger partial charge is 0.261 e. The molecule has 2 aliphatic heterocycles. The van der Waals surface area contributed by atoms with Gasteiger partial charge in [-0.1, -0.05) is 0 Å². The van der Waals surface area contributed by atoms with Gasteiger partial charge in [-0.25, -0.2) is 8.42 Å². The summed E-state index contributed by atoms with van der Waals surface area (Å²) >= 11 is 0. The normalized spacial score (nSPS) is 18.1. The van der Waals surface area contributed by atoms with E-state index in [0.29, 0.717) is 24.3 Å². The van der Waals surface area contributed by atoms with Crippen LogP contribution in [0.2, 0.25) is 0 Å². The van der Waals surface area contributed by atoms with Gasteiger partial charge in [-0.2, -0.15) is 0 Å². The summed E-state index contributed by atoms with van der Waals surface area (Å²) < 4.78 is 28.2. The summed E-state index contributed by atoms with van der Waals surface area (Å²) in [4.78, 5) is 25.2. The lowest BCUT2D eigenvalue weighted by Gasteiger charge is -2.15. The molecule has 2 aliphatic rings. The standard InChI is InChI=1S/C19H19N3O4S/c1-11-16-10-14(3-5-17(16)20-19(11)24)21-27(25,26)15-4-6-18-13(9-15)7-8-22(18)12(2)23/h3-6,9-11,21H,7-8H2,1-2H3,(H,20,24). The Balaban J connectivity index is 1.62. The van der Waals surface area contributed by atoms with Crippen LogP contribution in [-0.4, -0.2) is 26.8 Å². The Morgan fingerprint density at radius 2 is 2.00 bits per heavy atom. The van der Waals surface area contributed by atoms with E-state index in [-0.39, 0.29) is 22.6 Å². The maximum Gasteiger partial charge on any atom is 0.261 e. The molecule has 0 aliphatic carbocycles. The fraction of sp³-hybridized carbons (Fsp3) is 0.263. The molecule has 0 aromatic heterocycles. The topological polar surface area (TPSA) is 95.6 Å². The minimum Gasteiger partial charge on any atom is -0.325 e. The van der Waals surface area contributed by atoms with E-state index in [0.717, 1.165) is 16.8 Å². The average molecular weight is 385 g/mol. The highest BCUT2D eigenvalue weighted by Crippen LogP contribution is 2.35. The Hall–Kier alpha value is -2.87. The van der Waals surface area contributed by atoms with Crippen LogP contribution < -0.4 is 14.9 Å². The van der Waals surface area contributed by atoms with Crippen LogP contribution in [0.4, 0.5) is 17.1 Å². The zero-order chi connectivity index (χ0) is 19.3. The molecule has 2 N–H and O–H groups in total. The fourth-order valence-corrected chi connectivity index (χ4v) is 4.67. The molecule has 1 atom stereocenters. The molecule has 0 saturated carbocycles. The van der Waals surface area contributed by atoms with Gasteiger partial charge in [0.25, 0.3) is 10.0 Å². The number of nitrogens with zero attached hydrogens (tertiary/aromatic N) is 1. The van der Waals surface area contributed by atoms with E-state index in [1.54, 1.807) is 42.2 Å². The molecule has 0 spiro atoms. The van der Waals surface area contributed by atoms with Crippen molar-refractivity contribution in [3.05, 3.63) is 47.5 Å². The van der Waals surface area contributed by atoms with E-state index < -0.39 is 10.0 Å². The van der Waals surface area contributed by atoms with Gasteiger partial charge >= 0.3 is 0 Å². The third kappa shape index (κ3) is 2.95. The van der Waals surface area contributed by atoms with Crippen LogP contribution in [0, 0.1) is 0 Å². The van der Waals surface area contributed by atoms with Gasteiger partial charge in [0.15, 0.2) is 0 Å². The van der Waals surface area contributed by atoms with E-state index in [1.807, 2.05) is 0 Å². The van der Waals surface area contributed by atoms with E-state index in [9.17, 15) is 18.0 Å². The minimum absolute atomic E-state index is 0.0575. The third-order valence-corrected chi connectivity index (χ3v) is 6.44. The van der Waals surface area contributed by atoms with Gasteiger partial charge < -0.3 is 10.2 Å². The predicted octanol–water partition coefficient (Wildman–Crippen LogP) is 2.45. The van der Waals surface area contributed by atoms with Crippen molar-refractivity contribution >= 4 is 38.9 Å². The van der Waals surface area contributed by atoms with E-state index in [4.69, 9.17) is 0 Å². The van der Waals surface area contributed by atoms with E-state index in [1.165, 1.54) is 13.0 Å². The zero-order valence-electron chi connectivity index (χ0n) is 14.9. The zero-order valence-corrected chi connectivity index (χ0v) is 15.8. The molecule has 0 saturated heterocycles. The van der Waals surface area contributed by atoms with E-state index in [2.05, 4.69) is 10.0 Å². The van der Waals surface area contributed by atoms with Crippen LogP contribution in [-0.2, 0) is 26.0 Å². The maximum absolute atomic E-state index is 12.8. The van der Waals surface area contributed by atoms with Crippen molar-refractivity contribution in [1.82, 2.24) is 0 Å². The minimum atomic E-state index is -3.78. The molecule has 2 heterocycles. The largest absolute Gasteiger partial charge is 0.325 e. The first-order valence-electron chi connectivity index (χ1n) is 8.65. The van der Waals surface area contributed by atoms with Gasteiger partial charge in [0.1, 0.15) is 0 Å². The molecule has 1 unspecified atom stereocenters. The van der Waals surface area contributed by atoms with Crippen molar-refractivity contribution in [1.29, 1.82) is 0 Å². The molecule has 140 valence electrons. The second-order valence-corrected chi connectivity index (χ2v) is 8.51. The quantitative estimate of drug-likeness (QED) is 0.848. The number of hydrogen-bond donors (Lipinski definition) is 2. The molecule has 2 aromatic rings. The molecule has 0 fully saturated rings. The van der Waals surface area contributed by atoms with Crippen molar-refractivity contribution < 1.29 is 18.0 Å². The molecule has 27 heavy (non-hydrogen) atoms. The van der Waals surface area contributed by atoms with Crippen molar-refractivity contribution in [2.24, 2.45) is 0 Å². The summed E-state index contributed by atoms with van der Waals surface area (Å²) in [6, 6.07) is 9.79. The predicted molar refractivity (Wildman–Crippen MR) is 102 cm³/mol. The van der Waals surface area contributed by atoms with Crippen molar-refractivity contribution in [3.63, 3.8) is 0 Å². The first kappa shape index (κ1) is 17.5. The number of amides is 2. The molecule has 4 rings (SSSR count). The first-order valence-corrected chi connectivity index (χ1v) is 10.1. The van der Waals surface area contributed by atoms with Gasteiger partial charge in [0.05, 0.1) is 10.8 Å². The molecular formula is C19H19N3O4S. The first-order chi connectivity index (χ1) is 12.8. The average Bonchev–Trinajstić information content (AvgIpc) is 3.16. The second-order valence-electron chi connectivity index (χ2n) is 6.83. The SMILES string of the molecule is CC(=O)N1CCc2cc(S(=O)(=O)Nc3ccc4c(c3)C(C)C(=O)N4)ccc21. The number of carbonyl (C=O) groups excluding carboxylic acids is 2. The molecule has 0 bridgehead atoms. The number of sulfonamides is 1. The summed E-state index contributed by atoms with van der Waals surface area (Å²) in [5, 5.41) is 2.76. The highest BCUT2D eigenvalue weighted by molar-refractivity contribution is 7.92. The van der Waals surface area contributed by atoms with E-state index >= 15 is 0 Å². The Morgan fingerprint density at radius 3 is 2.74 bits per heavy atom. The van der Waals surface area contributed by atoms with Gasteiger partial charge in [-0.15, -0.1) is 0 Å². The van der Waals surface area contributed by atoms with Crippen LogP contribution in [0.25, 0.3) is 0 Å². The number of carbonyl (C=O) groups is 2. The lowest BCUT2D eigenvalue weighted by atomic mass is 10.0. The van der Waals surface area contributed by atoms with Crippen molar-refractivity contribution in [3.8, 4) is 0 Å². The van der Waals surface area contributed by atoms with Crippen molar-refractivity contribution in [2.75, 3.05) is 21.5 Å². The monoisotopic (exact) mass is 385 g/mol. The number of benzene rings is 2. The van der Waals surface area contributed by atoms with Gasteiger partial charge in [-0.3, -0.25) is 14.3 Å². The van der Waals surface area contributed by atoms with Crippen LogP contribution in [0.3, 0.4) is 0 Å². The van der Waals surface area contributed by atoms with Gasteiger partial charge in [0, 0.05) is 30.5 Å². The summed E-state index contributed by atoms with van der Waals surface area (Å²) in [7, 11) is -3.78. The Labute approximate surface area is 157 Å². The molecule has 2 aromatic carbocycles. The third-order valence-electron chi connectivity index (χ3n) is 5.06. The molecular weight excluding hydrogens is 366 g/mol. The van der Waals surface area contributed by atoms with Crippen LogP contribution >= 0.6 is 0 Å². The number of rotatable bonds is 3. The number of hydrogen-bond acceptors (Lipinski definition) is 4. The van der Waals surface area contributed by atoms with Crippen LogP contribution in [0.5, 0.6) is 0 Å². The van der Waals surface area contributed by atoms with Crippen LogP contribution in [0.1, 0.15) is 30.9 Å². The van der Waals surface area contributed by atoms with Crippen molar-refractivity contribution in [2.45, 2.75) is 31.1 Å². The highest BCUT2D eigenvalue weighted by atomic mass is 32.2. The Bertz CT molecular complexity index is 1080. The summed E-state index contributed by atoms with van der Waals surface area (Å²) in [6.45, 7) is 3.84. The number of anilines is 3. The lowest BCUT2D eigenvalue weighted by molar-refractivity contribution is -0.117. The highest BCUT2D eigenvalue weighted by Gasteiger charge is 2.28. The summed E-state index contributed by atoms with van der Waals surface area (Å²) in [5.41, 5.74) is 3.48. The summed E-state index contributed by atoms with van der Waals surface area (Å²) in [5.74, 6) is -0.474. The van der Waals surface area contributed by atoms with Gasteiger partial charge in [-0.05, 0) is 60.9 Å². The molecule has 2 amide bonds. The van der Waals surface area contributed by atoms with Crippen LogP contribution in [0.15, 0.2) is 41.3 Å². The second kappa shape index (κ2) is 6.09. The molecule has 0 radical (unpaired) electrons. The lowest BCUT2D eigenvalue weighted by Crippen LogP contribution is -2.25. The Kier molecular flexibility index (Phi) is 3.96. The summed E-state index contributed by atoms with van der Waals surface area (Å²) in [6.07, 6.45) is 0.627. The molecule has 7 nitrogen and oxygen atoms in total. The number of fused-ring (bicyclic) bond motifs is 2. The maximum atomic E-state index is 12.8. The molecule has 8 heteroatoms. The fourth-order valence-electron chi connectivity index (χ4n) is 3.57. The number of nitrogens with one attached hydrogen (secondary N) is 2. The van der Waals surface area contributed by atoms with Gasteiger partial charge in [0.2, 0.25) is 11.8 Å². The Morgan fingerprint density at radius 1 is 1.22 bits per heavy atom.